The molecule has 0 amide bonds. The maximum absolute atomic E-state index is 10.9. The van der Waals surface area contributed by atoms with Crippen LogP contribution in [0.5, 0.6) is 5.75 Å². The Morgan fingerprint density at radius 3 is 2.65 bits per heavy atom. The standard InChI is InChI=1S/C13H19NO3/c1-9(7-10(8-14)13(15)16)11-5-3-4-6-12(11)17-2/h3-6,9-10H,7-8,14H2,1-2H3,(H,15,16). The van der Waals surface area contributed by atoms with E-state index >= 15 is 0 Å². The molecule has 3 N–H and O–H groups in total. The minimum Gasteiger partial charge on any atom is -0.496 e. The number of carbonyl (C=O) groups is 1. The molecule has 17 heavy (non-hydrogen) atoms. The van der Waals surface area contributed by atoms with Crippen molar-refractivity contribution < 1.29 is 14.6 Å². The summed E-state index contributed by atoms with van der Waals surface area (Å²) in [5, 5.41) is 8.98. The summed E-state index contributed by atoms with van der Waals surface area (Å²) in [6.07, 6.45) is 0.520. The zero-order valence-electron chi connectivity index (χ0n) is 10.2. The Labute approximate surface area is 101 Å². The highest BCUT2D eigenvalue weighted by Gasteiger charge is 2.21. The normalized spacial score (nSPS) is 14.1. The average Bonchev–Trinajstić information content (AvgIpc) is 2.35. The summed E-state index contributed by atoms with van der Waals surface area (Å²) in [4.78, 5) is 10.9. The number of methoxy groups -OCH3 is 1. The summed E-state index contributed by atoms with van der Waals surface area (Å²) in [5.41, 5.74) is 6.48. The number of para-hydroxylation sites is 1. The van der Waals surface area contributed by atoms with Crippen LogP contribution >= 0.6 is 0 Å². The lowest BCUT2D eigenvalue weighted by Crippen LogP contribution is -2.24. The largest absolute Gasteiger partial charge is 0.496 e. The van der Waals surface area contributed by atoms with Gasteiger partial charge in [-0.1, -0.05) is 25.1 Å². The van der Waals surface area contributed by atoms with Gasteiger partial charge in [0, 0.05) is 6.54 Å². The van der Waals surface area contributed by atoms with Crippen molar-refractivity contribution in [2.45, 2.75) is 19.3 Å². The summed E-state index contributed by atoms with van der Waals surface area (Å²) in [6.45, 7) is 2.15. The van der Waals surface area contributed by atoms with Crippen LogP contribution in [0.1, 0.15) is 24.8 Å². The first-order valence-corrected chi connectivity index (χ1v) is 5.66. The quantitative estimate of drug-likeness (QED) is 0.792. The van der Waals surface area contributed by atoms with Crippen molar-refractivity contribution in [3.05, 3.63) is 29.8 Å². The van der Waals surface area contributed by atoms with Gasteiger partial charge in [-0.15, -0.1) is 0 Å². The number of ether oxygens (including phenoxy) is 1. The van der Waals surface area contributed by atoms with Crippen molar-refractivity contribution in [1.82, 2.24) is 0 Å². The summed E-state index contributed by atoms with van der Waals surface area (Å²) >= 11 is 0. The molecule has 1 aromatic rings. The van der Waals surface area contributed by atoms with E-state index in [-0.39, 0.29) is 12.5 Å². The van der Waals surface area contributed by atoms with E-state index in [9.17, 15) is 4.79 Å². The van der Waals surface area contributed by atoms with E-state index < -0.39 is 11.9 Å². The van der Waals surface area contributed by atoms with E-state index in [2.05, 4.69) is 0 Å². The Bertz CT molecular complexity index is 379. The molecular formula is C13H19NO3. The van der Waals surface area contributed by atoms with Crippen molar-refractivity contribution >= 4 is 5.97 Å². The highest BCUT2D eigenvalue weighted by molar-refractivity contribution is 5.70. The molecule has 0 heterocycles. The van der Waals surface area contributed by atoms with Gasteiger partial charge in [-0.25, -0.2) is 0 Å². The lowest BCUT2D eigenvalue weighted by molar-refractivity contribution is -0.141. The number of nitrogens with two attached hydrogens (primary N) is 1. The first-order valence-electron chi connectivity index (χ1n) is 5.66. The SMILES string of the molecule is COc1ccccc1C(C)CC(CN)C(=O)O. The number of hydrogen-bond acceptors (Lipinski definition) is 3. The highest BCUT2D eigenvalue weighted by atomic mass is 16.5. The molecule has 0 aromatic heterocycles. The van der Waals surface area contributed by atoms with E-state index in [0.717, 1.165) is 11.3 Å². The third-order valence-corrected chi connectivity index (χ3v) is 2.94. The molecule has 0 radical (unpaired) electrons. The Balaban J connectivity index is 2.81. The smallest absolute Gasteiger partial charge is 0.307 e. The first-order chi connectivity index (χ1) is 8.10. The van der Waals surface area contributed by atoms with Gasteiger partial charge in [0.25, 0.3) is 0 Å². The van der Waals surface area contributed by atoms with Gasteiger partial charge in [-0.3, -0.25) is 4.79 Å². The molecule has 2 atom stereocenters. The highest BCUT2D eigenvalue weighted by Crippen LogP contribution is 2.30. The number of aliphatic carboxylic acids is 1. The molecule has 2 unspecified atom stereocenters. The molecule has 4 nitrogen and oxygen atoms in total. The Kier molecular flexibility index (Phi) is 4.97. The van der Waals surface area contributed by atoms with Crippen molar-refractivity contribution in [3.63, 3.8) is 0 Å². The number of carboxylic acid groups (broad SMARTS) is 1. The predicted octanol–water partition coefficient (Wildman–Crippen LogP) is 1.85. The van der Waals surface area contributed by atoms with Gasteiger partial charge >= 0.3 is 5.97 Å². The molecule has 0 fully saturated rings. The molecule has 94 valence electrons. The van der Waals surface area contributed by atoms with E-state index in [4.69, 9.17) is 15.6 Å². The van der Waals surface area contributed by atoms with Crippen LogP contribution in [-0.2, 0) is 4.79 Å². The lowest BCUT2D eigenvalue weighted by Gasteiger charge is -2.18. The van der Waals surface area contributed by atoms with Crippen molar-refractivity contribution in [2.75, 3.05) is 13.7 Å². The minimum absolute atomic E-state index is 0.107. The van der Waals surface area contributed by atoms with Crippen LogP contribution in [0.25, 0.3) is 0 Å². The van der Waals surface area contributed by atoms with Gasteiger partial charge in [-0.2, -0.15) is 0 Å². The van der Waals surface area contributed by atoms with Gasteiger partial charge in [0.05, 0.1) is 13.0 Å². The second-order valence-electron chi connectivity index (χ2n) is 4.15. The summed E-state index contributed by atoms with van der Waals surface area (Å²) in [7, 11) is 1.61. The van der Waals surface area contributed by atoms with Crippen molar-refractivity contribution in [3.8, 4) is 5.75 Å². The third-order valence-electron chi connectivity index (χ3n) is 2.94. The second-order valence-corrected chi connectivity index (χ2v) is 4.15. The van der Waals surface area contributed by atoms with Gasteiger partial charge in [0.1, 0.15) is 5.75 Å². The van der Waals surface area contributed by atoms with E-state index in [1.807, 2.05) is 31.2 Å². The average molecular weight is 237 g/mol. The zero-order valence-corrected chi connectivity index (χ0v) is 10.2. The number of hydrogen-bond donors (Lipinski definition) is 2. The maximum Gasteiger partial charge on any atom is 0.307 e. The summed E-state index contributed by atoms with van der Waals surface area (Å²) < 4.78 is 5.26. The van der Waals surface area contributed by atoms with Crippen LogP contribution in [0, 0.1) is 5.92 Å². The Morgan fingerprint density at radius 2 is 2.12 bits per heavy atom. The Morgan fingerprint density at radius 1 is 1.47 bits per heavy atom. The van der Waals surface area contributed by atoms with Crippen LogP contribution in [0.15, 0.2) is 24.3 Å². The monoisotopic (exact) mass is 237 g/mol. The summed E-state index contributed by atoms with van der Waals surface area (Å²) in [6, 6.07) is 7.65. The maximum atomic E-state index is 10.9. The molecule has 0 spiro atoms. The third kappa shape index (κ3) is 3.46. The van der Waals surface area contributed by atoms with Gasteiger partial charge in [-0.05, 0) is 24.0 Å². The lowest BCUT2D eigenvalue weighted by atomic mass is 9.89. The van der Waals surface area contributed by atoms with Crippen LogP contribution in [0.4, 0.5) is 0 Å². The van der Waals surface area contributed by atoms with Gasteiger partial charge < -0.3 is 15.6 Å². The zero-order chi connectivity index (χ0) is 12.8. The predicted molar refractivity (Wildman–Crippen MR) is 66.2 cm³/mol. The van der Waals surface area contributed by atoms with E-state index in [0.29, 0.717) is 6.42 Å². The van der Waals surface area contributed by atoms with Crippen LogP contribution in [0.3, 0.4) is 0 Å². The molecule has 0 saturated carbocycles. The van der Waals surface area contributed by atoms with E-state index in [1.54, 1.807) is 7.11 Å². The molecule has 4 heteroatoms. The number of benzene rings is 1. The van der Waals surface area contributed by atoms with Crippen LogP contribution in [-0.4, -0.2) is 24.7 Å². The molecule has 1 rings (SSSR count). The molecule has 0 aliphatic heterocycles. The summed E-state index contributed by atoms with van der Waals surface area (Å²) in [5.74, 6) is -0.443. The van der Waals surface area contributed by atoms with Crippen LogP contribution < -0.4 is 10.5 Å². The fourth-order valence-electron chi connectivity index (χ4n) is 1.93. The number of rotatable bonds is 6. The molecule has 0 bridgehead atoms. The second kappa shape index (κ2) is 6.25. The van der Waals surface area contributed by atoms with Gasteiger partial charge in [0.15, 0.2) is 0 Å². The van der Waals surface area contributed by atoms with Crippen molar-refractivity contribution in [2.24, 2.45) is 11.7 Å². The topological polar surface area (TPSA) is 72.5 Å². The molecule has 0 aliphatic carbocycles. The van der Waals surface area contributed by atoms with Crippen molar-refractivity contribution in [1.29, 1.82) is 0 Å². The number of carboxylic acids is 1. The fourth-order valence-corrected chi connectivity index (χ4v) is 1.93. The minimum atomic E-state index is -0.839. The molecular weight excluding hydrogens is 218 g/mol. The molecule has 0 aliphatic rings. The molecule has 1 aromatic carbocycles. The Hall–Kier alpha value is -1.55. The van der Waals surface area contributed by atoms with Crippen LogP contribution in [0.2, 0.25) is 0 Å². The van der Waals surface area contributed by atoms with Gasteiger partial charge in [0.2, 0.25) is 0 Å². The molecule has 0 saturated heterocycles. The van der Waals surface area contributed by atoms with E-state index in [1.165, 1.54) is 0 Å². The first kappa shape index (κ1) is 13.5. The fraction of sp³-hybridized carbons (Fsp3) is 0.462.